The molecule has 0 unspecified atom stereocenters. The Kier molecular flexibility index (Phi) is 6.71. The van der Waals surface area contributed by atoms with E-state index in [2.05, 4.69) is 20.5 Å². The fourth-order valence-corrected chi connectivity index (χ4v) is 3.58. The van der Waals surface area contributed by atoms with Crippen LogP contribution in [0.5, 0.6) is 0 Å². The van der Waals surface area contributed by atoms with Crippen LogP contribution < -0.4 is 15.4 Å². The van der Waals surface area contributed by atoms with Gasteiger partial charge in [0.25, 0.3) is 5.91 Å². The van der Waals surface area contributed by atoms with E-state index in [0.717, 1.165) is 17.4 Å². The molecule has 0 spiro atoms. The summed E-state index contributed by atoms with van der Waals surface area (Å²) < 4.78 is 27.5. The molecule has 0 atom stereocenters. The van der Waals surface area contributed by atoms with Crippen molar-refractivity contribution in [2.45, 2.75) is 20.0 Å². The summed E-state index contributed by atoms with van der Waals surface area (Å²) in [6, 6.07) is 13.9. The summed E-state index contributed by atoms with van der Waals surface area (Å²) in [5.74, 6) is -0.778. The number of amides is 2. The highest BCUT2D eigenvalue weighted by atomic mass is 32.2. The van der Waals surface area contributed by atoms with Gasteiger partial charge in [0.15, 0.2) is 0 Å². The monoisotopic (exact) mass is 441 g/mol. The maximum absolute atomic E-state index is 12.8. The van der Waals surface area contributed by atoms with Gasteiger partial charge < -0.3 is 10.6 Å². The molecule has 0 fully saturated rings. The molecule has 162 valence electrons. The third-order valence-corrected chi connectivity index (χ3v) is 4.82. The summed E-state index contributed by atoms with van der Waals surface area (Å²) in [5.41, 5.74) is 2.53. The maximum atomic E-state index is 12.8. The average Bonchev–Trinajstić information content (AvgIpc) is 3.19. The van der Waals surface area contributed by atoms with Gasteiger partial charge in [0.2, 0.25) is 15.9 Å². The zero-order valence-corrected chi connectivity index (χ0v) is 17.9. The van der Waals surface area contributed by atoms with E-state index in [1.807, 2.05) is 36.5 Å². The Bertz CT molecular complexity index is 1190. The van der Waals surface area contributed by atoms with Crippen molar-refractivity contribution in [3.63, 3.8) is 0 Å². The SMILES string of the molecule is CC(=O)Nc1ccc(NS(C)(=O)=O)c(C(=O)NCc2cccc(Cn3cccn3)c2)c1. The Morgan fingerprint density at radius 3 is 2.52 bits per heavy atom. The van der Waals surface area contributed by atoms with E-state index in [0.29, 0.717) is 12.2 Å². The Balaban J connectivity index is 1.76. The van der Waals surface area contributed by atoms with E-state index in [1.165, 1.54) is 25.1 Å². The number of benzene rings is 2. The smallest absolute Gasteiger partial charge is 0.253 e. The van der Waals surface area contributed by atoms with Crippen LogP contribution in [0.25, 0.3) is 0 Å². The van der Waals surface area contributed by atoms with Crippen LogP contribution in [0, 0.1) is 0 Å². The molecular formula is C21H23N5O4S. The number of carbonyl (C=O) groups is 2. The number of rotatable bonds is 8. The molecule has 1 aromatic heterocycles. The normalized spacial score (nSPS) is 11.0. The first-order valence-electron chi connectivity index (χ1n) is 9.42. The molecule has 0 radical (unpaired) electrons. The van der Waals surface area contributed by atoms with Gasteiger partial charge in [-0.15, -0.1) is 0 Å². The van der Waals surface area contributed by atoms with Crippen LogP contribution in [0.3, 0.4) is 0 Å². The van der Waals surface area contributed by atoms with Crippen molar-refractivity contribution in [3.8, 4) is 0 Å². The summed E-state index contributed by atoms with van der Waals surface area (Å²) in [6.07, 6.45) is 4.58. The van der Waals surface area contributed by atoms with Crippen molar-refractivity contribution in [2.24, 2.45) is 0 Å². The molecule has 3 rings (SSSR count). The zero-order valence-electron chi connectivity index (χ0n) is 17.1. The van der Waals surface area contributed by atoms with E-state index in [1.54, 1.807) is 10.9 Å². The second-order valence-corrected chi connectivity index (χ2v) is 8.77. The van der Waals surface area contributed by atoms with Gasteiger partial charge in [0.05, 0.1) is 24.1 Å². The van der Waals surface area contributed by atoms with Crippen molar-refractivity contribution in [2.75, 3.05) is 16.3 Å². The van der Waals surface area contributed by atoms with Crippen molar-refractivity contribution < 1.29 is 18.0 Å². The molecule has 3 aromatic rings. The van der Waals surface area contributed by atoms with E-state index >= 15 is 0 Å². The Hall–Kier alpha value is -3.66. The first-order valence-corrected chi connectivity index (χ1v) is 11.3. The molecule has 0 bridgehead atoms. The minimum atomic E-state index is -3.59. The topological polar surface area (TPSA) is 122 Å². The van der Waals surface area contributed by atoms with Crippen molar-refractivity contribution in [1.82, 2.24) is 15.1 Å². The standard InChI is InChI=1S/C21H23N5O4S/c1-15(27)24-18-7-8-20(25-31(2,29)30)19(12-18)21(28)22-13-16-5-3-6-17(11-16)14-26-10-4-9-23-26/h3-12,25H,13-14H2,1-2H3,(H,22,28)(H,24,27). The van der Waals surface area contributed by atoms with Gasteiger partial charge >= 0.3 is 0 Å². The van der Waals surface area contributed by atoms with E-state index in [-0.39, 0.29) is 23.7 Å². The first-order chi connectivity index (χ1) is 14.7. The number of hydrogen-bond acceptors (Lipinski definition) is 5. The van der Waals surface area contributed by atoms with Gasteiger partial charge in [-0.05, 0) is 35.4 Å². The van der Waals surface area contributed by atoms with E-state index < -0.39 is 15.9 Å². The minimum Gasteiger partial charge on any atom is -0.348 e. The Morgan fingerprint density at radius 2 is 1.84 bits per heavy atom. The predicted octanol–water partition coefficient (Wildman–Crippen LogP) is 2.19. The number of nitrogens with one attached hydrogen (secondary N) is 3. The molecule has 9 nitrogen and oxygen atoms in total. The van der Waals surface area contributed by atoms with Gasteiger partial charge in [-0.25, -0.2) is 8.42 Å². The number of sulfonamides is 1. The number of carbonyl (C=O) groups excluding carboxylic acids is 2. The first kappa shape index (κ1) is 22.0. The molecule has 0 aliphatic carbocycles. The average molecular weight is 442 g/mol. The highest BCUT2D eigenvalue weighted by Crippen LogP contribution is 2.22. The van der Waals surface area contributed by atoms with Gasteiger partial charge in [-0.1, -0.05) is 24.3 Å². The maximum Gasteiger partial charge on any atom is 0.253 e. The van der Waals surface area contributed by atoms with Crippen LogP contribution in [0.2, 0.25) is 0 Å². The molecule has 0 aliphatic heterocycles. The third kappa shape index (κ3) is 6.68. The Morgan fingerprint density at radius 1 is 1.06 bits per heavy atom. The van der Waals surface area contributed by atoms with Gasteiger partial charge in [-0.3, -0.25) is 19.0 Å². The predicted molar refractivity (Wildman–Crippen MR) is 118 cm³/mol. The highest BCUT2D eigenvalue weighted by molar-refractivity contribution is 7.92. The zero-order chi connectivity index (χ0) is 22.4. The fourth-order valence-electron chi connectivity index (χ4n) is 3.00. The summed E-state index contributed by atoms with van der Waals surface area (Å²) >= 11 is 0. The molecule has 0 aliphatic rings. The van der Waals surface area contributed by atoms with Crippen LogP contribution in [0.1, 0.15) is 28.4 Å². The van der Waals surface area contributed by atoms with Crippen LogP contribution in [0.15, 0.2) is 60.9 Å². The van der Waals surface area contributed by atoms with Crippen LogP contribution in [0.4, 0.5) is 11.4 Å². The van der Waals surface area contributed by atoms with Gasteiger partial charge in [-0.2, -0.15) is 5.10 Å². The van der Waals surface area contributed by atoms with Crippen LogP contribution in [-0.2, 0) is 27.9 Å². The molecule has 31 heavy (non-hydrogen) atoms. The van der Waals surface area contributed by atoms with E-state index in [4.69, 9.17) is 0 Å². The summed E-state index contributed by atoms with van der Waals surface area (Å²) in [7, 11) is -3.59. The largest absolute Gasteiger partial charge is 0.348 e. The van der Waals surface area contributed by atoms with Crippen molar-refractivity contribution in [3.05, 3.63) is 77.6 Å². The minimum absolute atomic E-state index is 0.101. The quantitative estimate of drug-likeness (QED) is 0.495. The Labute approximate surface area is 180 Å². The van der Waals surface area contributed by atoms with E-state index in [9.17, 15) is 18.0 Å². The number of hydrogen-bond donors (Lipinski definition) is 3. The lowest BCUT2D eigenvalue weighted by atomic mass is 10.1. The molecule has 0 saturated heterocycles. The molecule has 2 aromatic carbocycles. The lowest BCUT2D eigenvalue weighted by Gasteiger charge is -2.14. The molecule has 0 saturated carbocycles. The van der Waals surface area contributed by atoms with Crippen LogP contribution in [-0.4, -0.2) is 36.3 Å². The summed E-state index contributed by atoms with van der Waals surface area (Å²) in [4.78, 5) is 24.2. The number of anilines is 2. The lowest BCUT2D eigenvalue weighted by Crippen LogP contribution is -2.25. The molecule has 2 amide bonds. The highest BCUT2D eigenvalue weighted by Gasteiger charge is 2.16. The number of nitrogens with zero attached hydrogens (tertiary/aromatic N) is 2. The van der Waals surface area contributed by atoms with Gasteiger partial charge in [0.1, 0.15) is 0 Å². The van der Waals surface area contributed by atoms with Crippen molar-refractivity contribution >= 4 is 33.2 Å². The molecule has 10 heteroatoms. The number of aromatic nitrogens is 2. The molecule has 1 heterocycles. The summed E-state index contributed by atoms with van der Waals surface area (Å²) in [5, 5.41) is 9.57. The fraction of sp³-hybridized carbons (Fsp3) is 0.190. The molecular weight excluding hydrogens is 418 g/mol. The molecule has 3 N–H and O–H groups in total. The second-order valence-electron chi connectivity index (χ2n) is 7.02. The third-order valence-electron chi connectivity index (χ3n) is 4.23. The second kappa shape index (κ2) is 9.43. The van der Waals surface area contributed by atoms with Crippen molar-refractivity contribution in [1.29, 1.82) is 0 Å². The lowest BCUT2D eigenvalue weighted by molar-refractivity contribution is -0.114. The summed E-state index contributed by atoms with van der Waals surface area (Å²) in [6.45, 7) is 2.20. The van der Waals surface area contributed by atoms with Crippen LogP contribution >= 0.6 is 0 Å². The van der Waals surface area contributed by atoms with Gasteiger partial charge in [0, 0.05) is 31.5 Å².